The second kappa shape index (κ2) is 6.57. The first-order valence-electron chi connectivity index (χ1n) is 6.92. The number of nitrogens with zero attached hydrogens (tertiary/aromatic N) is 3. The zero-order chi connectivity index (χ0) is 16.1. The van der Waals surface area contributed by atoms with Crippen molar-refractivity contribution in [3.63, 3.8) is 0 Å². The molecule has 1 aromatic heterocycles. The number of hydrogen-bond donors (Lipinski definition) is 0. The minimum absolute atomic E-state index is 0.308. The highest BCUT2D eigenvalue weighted by Gasteiger charge is 2.11. The standard InChI is InChI=1S/C17H13N3O3/c21-20(22)17-12-11-16(23-17)13-18-19(14-7-3-1-4-8-14)15-9-5-2-6-10-15/h1-13H/b18-13-. The highest BCUT2D eigenvalue weighted by molar-refractivity contribution is 5.79. The monoisotopic (exact) mass is 307 g/mol. The van der Waals surface area contributed by atoms with E-state index in [0.717, 1.165) is 11.4 Å². The summed E-state index contributed by atoms with van der Waals surface area (Å²) < 4.78 is 5.09. The van der Waals surface area contributed by atoms with Crippen LogP contribution in [0.25, 0.3) is 0 Å². The Morgan fingerprint density at radius 1 is 0.913 bits per heavy atom. The topological polar surface area (TPSA) is 71.9 Å². The Morgan fingerprint density at radius 2 is 1.48 bits per heavy atom. The van der Waals surface area contributed by atoms with Crippen LogP contribution in [0.2, 0.25) is 0 Å². The van der Waals surface area contributed by atoms with Gasteiger partial charge in [-0.2, -0.15) is 5.10 Å². The van der Waals surface area contributed by atoms with Crippen molar-refractivity contribution in [1.29, 1.82) is 0 Å². The van der Waals surface area contributed by atoms with Crippen LogP contribution in [-0.2, 0) is 0 Å². The van der Waals surface area contributed by atoms with Crippen LogP contribution in [-0.4, -0.2) is 11.1 Å². The molecule has 0 N–H and O–H groups in total. The van der Waals surface area contributed by atoms with Gasteiger partial charge in [-0.05, 0) is 30.3 Å². The van der Waals surface area contributed by atoms with Gasteiger partial charge in [-0.25, -0.2) is 5.01 Å². The van der Waals surface area contributed by atoms with Gasteiger partial charge < -0.3 is 4.42 Å². The molecule has 114 valence electrons. The maximum atomic E-state index is 10.7. The van der Waals surface area contributed by atoms with Crippen LogP contribution in [0.3, 0.4) is 0 Å². The Kier molecular flexibility index (Phi) is 4.15. The average molecular weight is 307 g/mol. The number of hydrogen-bond acceptors (Lipinski definition) is 5. The number of benzene rings is 2. The van der Waals surface area contributed by atoms with Crippen LogP contribution in [0.1, 0.15) is 5.76 Å². The van der Waals surface area contributed by atoms with E-state index in [4.69, 9.17) is 4.42 Å². The molecule has 23 heavy (non-hydrogen) atoms. The van der Waals surface area contributed by atoms with Crippen molar-refractivity contribution in [3.8, 4) is 0 Å². The summed E-state index contributed by atoms with van der Waals surface area (Å²) in [6.07, 6.45) is 1.45. The van der Waals surface area contributed by atoms with Crippen molar-refractivity contribution in [3.05, 3.63) is 88.7 Å². The molecule has 0 aliphatic heterocycles. The molecular weight excluding hydrogens is 294 g/mol. The molecule has 6 heteroatoms. The van der Waals surface area contributed by atoms with Crippen molar-refractivity contribution in [2.45, 2.75) is 0 Å². The summed E-state index contributed by atoms with van der Waals surface area (Å²) in [5, 5.41) is 16.8. The van der Waals surface area contributed by atoms with Gasteiger partial charge in [-0.3, -0.25) is 10.1 Å². The third kappa shape index (κ3) is 3.44. The van der Waals surface area contributed by atoms with E-state index in [1.165, 1.54) is 18.3 Å². The van der Waals surface area contributed by atoms with Gasteiger partial charge in [0.2, 0.25) is 0 Å². The molecule has 0 aliphatic carbocycles. The molecule has 0 saturated heterocycles. The van der Waals surface area contributed by atoms with E-state index in [1.807, 2.05) is 60.7 Å². The molecule has 0 atom stereocenters. The Hall–Kier alpha value is -3.41. The van der Waals surface area contributed by atoms with Crippen molar-refractivity contribution >= 4 is 23.5 Å². The van der Waals surface area contributed by atoms with Gasteiger partial charge in [-0.15, -0.1) is 0 Å². The van der Waals surface area contributed by atoms with Crippen LogP contribution in [0, 0.1) is 10.1 Å². The molecule has 2 aromatic carbocycles. The van der Waals surface area contributed by atoms with E-state index in [-0.39, 0.29) is 5.88 Å². The summed E-state index contributed by atoms with van der Waals surface area (Å²) in [5.41, 5.74) is 1.74. The number of nitro groups is 1. The minimum Gasteiger partial charge on any atom is -0.400 e. The highest BCUT2D eigenvalue weighted by Crippen LogP contribution is 2.25. The Labute approximate surface area is 132 Å². The van der Waals surface area contributed by atoms with E-state index < -0.39 is 4.92 Å². The van der Waals surface area contributed by atoms with Crippen LogP contribution >= 0.6 is 0 Å². The lowest BCUT2D eigenvalue weighted by Gasteiger charge is -2.18. The van der Waals surface area contributed by atoms with Gasteiger partial charge in [-0.1, -0.05) is 36.4 Å². The third-order valence-corrected chi connectivity index (χ3v) is 3.09. The van der Waals surface area contributed by atoms with E-state index in [2.05, 4.69) is 5.10 Å². The van der Waals surface area contributed by atoms with Gasteiger partial charge in [0.05, 0.1) is 23.7 Å². The molecule has 1 heterocycles. The molecule has 0 unspecified atom stereocenters. The maximum absolute atomic E-state index is 10.7. The Bertz CT molecular complexity index is 774. The van der Waals surface area contributed by atoms with Crippen molar-refractivity contribution in [2.24, 2.45) is 5.10 Å². The quantitative estimate of drug-likeness (QED) is 0.399. The van der Waals surface area contributed by atoms with E-state index in [1.54, 1.807) is 5.01 Å². The molecule has 0 bridgehead atoms. The van der Waals surface area contributed by atoms with Crippen molar-refractivity contribution in [1.82, 2.24) is 0 Å². The summed E-state index contributed by atoms with van der Waals surface area (Å²) in [5.74, 6) is 0.00554. The number of hydrazone groups is 1. The largest absolute Gasteiger partial charge is 0.433 e. The molecule has 6 nitrogen and oxygen atoms in total. The summed E-state index contributed by atoms with van der Waals surface area (Å²) in [7, 11) is 0. The third-order valence-electron chi connectivity index (χ3n) is 3.09. The second-order valence-corrected chi connectivity index (χ2v) is 4.66. The van der Waals surface area contributed by atoms with Crippen molar-refractivity contribution < 1.29 is 9.34 Å². The molecule has 3 aromatic rings. The van der Waals surface area contributed by atoms with E-state index in [0.29, 0.717) is 5.76 Å². The first-order chi connectivity index (χ1) is 11.2. The predicted molar refractivity (Wildman–Crippen MR) is 88.0 cm³/mol. The molecule has 0 amide bonds. The Balaban J connectivity index is 1.92. The Morgan fingerprint density at radius 3 is 1.96 bits per heavy atom. The van der Waals surface area contributed by atoms with Gasteiger partial charge >= 0.3 is 5.88 Å². The fraction of sp³-hybridized carbons (Fsp3) is 0. The fourth-order valence-corrected chi connectivity index (χ4v) is 2.05. The van der Waals surface area contributed by atoms with Crippen molar-refractivity contribution in [2.75, 3.05) is 5.01 Å². The molecule has 0 spiro atoms. The first-order valence-corrected chi connectivity index (χ1v) is 6.92. The lowest BCUT2D eigenvalue weighted by molar-refractivity contribution is -0.402. The SMILES string of the molecule is O=[N+]([O-])c1ccc(/C=N\N(c2ccccc2)c2ccccc2)o1. The van der Waals surface area contributed by atoms with Crippen LogP contribution < -0.4 is 5.01 Å². The van der Waals surface area contributed by atoms with Crippen LogP contribution in [0.4, 0.5) is 17.3 Å². The average Bonchev–Trinajstić information content (AvgIpc) is 3.06. The number of rotatable bonds is 5. The molecule has 0 fully saturated rings. The van der Waals surface area contributed by atoms with Gasteiger partial charge in [0.1, 0.15) is 4.92 Å². The van der Waals surface area contributed by atoms with E-state index in [9.17, 15) is 10.1 Å². The summed E-state index contributed by atoms with van der Waals surface area (Å²) >= 11 is 0. The number of furan rings is 1. The first kappa shape index (κ1) is 14.5. The van der Waals surface area contributed by atoms with Gasteiger partial charge in [0.15, 0.2) is 5.76 Å². The van der Waals surface area contributed by atoms with E-state index >= 15 is 0 Å². The zero-order valence-corrected chi connectivity index (χ0v) is 12.1. The predicted octanol–water partition coefficient (Wildman–Crippen LogP) is 4.36. The number of para-hydroxylation sites is 2. The maximum Gasteiger partial charge on any atom is 0.433 e. The van der Waals surface area contributed by atoms with Gasteiger partial charge in [0.25, 0.3) is 0 Å². The molecule has 0 radical (unpaired) electrons. The lowest BCUT2D eigenvalue weighted by atomic mass is 10.2. The van der Waals surface area contributed by atoms with Gasteiger partial charge in [0, 0.05) is 0 Å². The summed E-state index contributed by atoms with van der Waals surface area (Å²) in [6, 6.07) is 22.0. The van der Waals surface area contributed by atoms with Crippen LogP contribution in [0.5, 0.6) is 0 Å². The molecule has 0 aliphatic rings. The molecule has 3 rings (SSSR count). The zero-order valence-electron chi connectivity index (χ0n) is 12.1. The minimum atomic E-state index is -0.580. The summed E-state index contributed by atoms with van der Waals surface area (Å²) in [6.45, 7) is 0. The van der Waals surface area contributed by atoms with Crippen LogP contribution in [0.15, 0.2) is 82.3 Å². The summed E-state index contributed by atoms with van der Waals surface area (Å²) in [4.78, 5) is 10.1. The lowest BCUT2D eigenvalue weighted by Crippen LogP contribution is -2.08. The second-order valence-electron chi connectivity index (χ2n) is 4.66. The fourth-order valence-electron chi connectivity index (χ4n) is 2.05. The smallest absolute Gasteiger partial charge is 0.400 e. The molecule has 0 saturated carbocycles. The normalized spacial score (nSPS) is 10.8. The number of anilines is 2. The highest BCUT2D eigenvalue weighted by atomic mass is 16.6. The molecular formula is C17H13N3O3.